The topological polar surface area (TPSA) is 55.4 Å². The molecule has 1 N–H and O–H groups in total. The van der Waals surface area contributed by atoms with Crippen molar-refractivity contribution in [3.63, 3.8) is 0 Å². The number of hydrogen-bond donors (Lipinski definition) is 1. The summed E-state index contributed by atoms with van der Waals surface area (Å²) in [6, 6.07) is 12.5. The third-order valence-electron chi connectivity index (χ3n) is 3.14. The minimum Gasteiger partial charge on any atom is -0.465 e. The van der Waals surface area contributed by atoms with Crippen LogP contribution in [0.2, 0.25) is 0 Å². The number of hydrogen-bond acceptors (Lipinski definition) is 3. The van der Waals surface area contributed by atoms with E-state index in [0.717, 1.165) is 15.6 Å². The van der Waals surface area contributed by atoms with Crippen LogP contribution in [-0.4, -0.2) is 19.0 Å². The molecule has 1 amide bonds. The zero-order valence-electron chi connectivity index (χ0n) is 12.8. The van der Waals surface area contributed by atoms with Crippen molar-refractivity contribution in [1.29, 1.82) is 0 Å². The van der Waals surface area contributed by atoms with Gasteiger partial charge in [0.1, 0.15) is 0 Å². The van der Waals surface area contributed by atoms with E-state index >= 15 is 0 Å². The van der Waals surface area contributed by atoms with E-state index in [-0.39, 0.29) is 11.9 Å². The van der Waals surface area contributed by atoms with Gasteiger partial charge in [0.05, 0.1) is 18.4 Å². The summed E-state index contributed by atoms with van der Waals surface area (Å²) in [6.45, 7) is 1.98. The van der Waals surface area contributed by atoms with Gasteiger partial charge in [0.25, 0.3) is 0 Å². The summed E-state index contributed by atoms with van der Waals surface area (Å²) in [5, 5.41) is 2.80. The summed E-state index contributed by atoms with van der Waals surface area (Å²) < 4.78 is 5.47. The molecule has 0 saturated carbocycles. The van der Waals surface area contributed by atoms with Crippen molar-refractivity contribution in [2.24, 2.45) is 0 Å². The Hall–Kier alpha value is -2.40. The standard InChI is InChI=1S/C18H16BrNO3/c1-12-3-9-16(15(19)11-12)20-17(21)10-6-13-4-7-14(8-5-13)18(22)23-2/h3-11H,1-2H3,(H,20,21)/b10-6+. The average Bonchev–Trinajstić information content (AvgIpc) is 2.55. The first-order valence-electron chi connectivity index (χ1n) is 6.93. The third kappa shape index (κ3) is 4.79. The minimum absolute atomic E-state index is 0.230. The van der Waals surface area contributed by atoms with Gasteiger partial charge in [-0.05, 0) is 64.3 Å². The summed E-state index contributed by atoms with van der Waals surface area (Å²) in [4.78, 5) is 23.3. The van der Waals surface area contributed by atoms with Crippen LogP contribution in [0.5, 0.6) is 0 Å². The first-order chi connectivity index (χ1) is 11.0. The molecular formula is C18H16BrNO3. The van der Waals surface area contributed by atoms with E-state index in [2.05, 4.69) is 26.0 Å². The van der Waals surface area contributed by atoms with Crippen LogP contribution < -0.4 is 5.32 Å². The van der Waals surface area contributed by atoms with Gasteiger partial charge in [-0.3, -0.25) is 4.79 Å². The Bertz CT molecular complexity index is 751. The third-order valence-corrected chi connectivity index (χ3v) is 3.80. The summed E-state index contributed by atoms with van der Waals surface area (Å²) in [7, 11) is 1.34. The van der Waals surface area contributed by atoms with Gasteiger partial charge in [0.15, 0.2) is 0 Å². The summed E-state index contributed by atoms with van der Waals surface area (Å²) >= 11 is 3.42. The molecule has 2 aromatic carbocycles. The smallest absolute Gasteiger partial charge is 0.337 e. The Labute approximate surface area is 143 Å². The van der Waals surface area contributed by atoms with Crippen molar-refractivity contribution < 1.29 is 14.3 Å². The van der Waals surface area contributed by atoms with E-state index in [1.807, 2.05) is 25.1 Å². The average molecular weight is 374 g/mol. The second kappa shape index (κ2) is 7.74. The van der Waals surface area contributed by atoms with Crippen LogP contribution >= 0.6 is 15.9 Å². The maximum absolute atomic E-state index is 12.0. The molecule has 2 rings (SSSR count). The molecule has 5 heteroatoms. The molecule has 118 valence electrons. The molecule has 0 unspecified atom stereocenters. The quantitative estimate of drug-likeness (QED) is 0.645. The first kappa shape index (κ1) is 17.0. The van der Waals surface area contributed by atoms with E-state index in [1.165, 1.54) is 13.2 Å². The van der Waals surface area contributed by atoms with E-state index in [4.69, 9.17) is 0 Å². The fraction of sp³-hybridized carbons (Fsp3) is 0.111. The second-order valence-electron chi connectivity index (χ2n) is 4.92. The van der Waals surface area contributed by atoms with E-state index in [0.29, 0.717) is 11.3 Å². The molecule has 0 radical (unpaired) electrons. The SMILES string of the molecule is COC(=O)c1ccc(/C=C/C(=O)Nc2ccc(C)cc2Br)cc1. The van der Waals surface area contributed by atoms with Crippen molar-refractivity contribution in [2.45, 2.75) is 6.92 Å². The molecule has 23 heavy (non-hydrogen) atoms. The van der Waals surface area contributed by atoms with Crippen molar-refractivity contribution in [1.82, 2.24) is 0 Å². The molecule has 0 spiro atoms. The number of anilines is 1. The Morgan fingerprint density at radius 1 is 1.13 bits per heavy atom. The normalized spacial score (nSPS) is 10.6. The molecule has 2 aromatic rings. The van der Waals surface area contributed by atoms with Gasteiger partial charge in [0, 0.05) is 10.5 Å². The molecule has 0 aromatic heterocycles. The molecule has 0 aliphatic rings. The number of rotatable bonds is 4. The summed E-state index contributed by atoms with van der Waals surface area (Å²) in [5.74, 6) is -0.617. The van der Waals surface area contributed by atoms with Crippen molar-refractivity contribution >= 4 is 39.6 Å². The van der Waals surface area contributed by atoms with Crippen LogP contribution in [0.3, 0.4) is 0 Å². The highest BCUT2D eigenvalue weighted by atomic mass is 79.9. The van der Waals surface area contributed by atoms with Crippen molar-refractivity contribution in [3.8, 4) is 0 Å². The molecule has 0 aliphatic heterocycles. The Kier molecular flexibility index (Phi) is 5.71. The molecule has 0 bridgehead atoms. The molecule has 0 atom stereocenters. The Morgan fingerprint density at radius 3 is 2.43 bits per heavy atom. The zero-order chi connectivity index (χ0) is 16.8. The lowest BCUT2D eigenvalue weighted by atomic mass is 10.1. The monoisotopic (exact) mass is 373 g/mol. The number of esters is 1. The second-order valence-corrected chi connectivity index (χ2v) is 5.77. The van der Waals surface area contributed by atoms with Gasteiger partial charge in [-0.15, -0.1) is 0 Å². The molecule has 0 aliphatic carbocycles. The number of nitrogens with one attached hydrogen (secondary N) is 1. The van der Waals surface area contributed by atoms with Gasteiger partial charge in [0.2, 0.25) is 5.91 Å². The number of aryl methyl sites for hydroxylation is 1. The lowest BCUT2D eigenvalue weighted by Crippen LogP contribution is -2.08. The van der Waals surface area contributed by atoms with Gasteiger partial charge in [-0.1, -0.05) is 18.2 Å². The summed E-state index contributed by atoms with van der Waals surface area (Å²) in [6.07, 6.45) is 3.12. The predicted octanol–water partition coefficient (Wildman–Crippen LogP) is 4.20. The largest absolute Gasteiger partial charge is 0.465 e. The number of halogens is 1. The number of benzene rings is 2. The van der Waals surface area contributed by atoms with Crippen LogP contribution in [-0.2, 0) is 9.53 Å². The maximum atomic E-state index is 12.0. The zero-order valence-corrected chi connectivity index (χ0v) is 14.4. The molecule has 4 nitrogen and oxygen atoms in total. The number of methoxy groups -OCH3 is 1. The molecular weight excluding hydrogens is 358 g/mol. The van der Waals surface area contributed by atoms with Gasteiger partial charge in [-0.2, -0.15) is 0 Å². The fourth-order valence-corrected chi connectivity index (χ4v) is 2.51. The van der Waals surface area contributed by atoms with Gasteiger partial charge in [-0.25, -0.2) is 4.79 Å². The van der Waals surface area contributed by atoms with Crippen LogP contribution in [0.15, 0.2) is 53.0 Å². The minimum atomic E-state index is -0.387. The number of carbonyl (C=O) groups excluding carboxylic acids is 2. The molecule has 0 saturated heterocycles. The highest BCUT2D eigenvalue weighted by molar-refractivity contribution is 9.10. The number of ether oxygens (including phenoxy) is 1. The van der Waals surface area contributed by atoms with Gasteiger partial charge < -0.3 is 10.1 Å². The Balaban J connectivity index is 2.02. The maximum Gasteiger partial charge on any atom is 0.337 e. The lowest BCUT2D eigenvalue weighted by Gasteiger charge is -2.05. The Morgan fingerprint density at radius 2 is 1.83 bits per heavy atom. The fourth-order valence-electron chi connectivity index (χ4n) is 1.92. The number of amides is 1. The van der Waals surface area contributed by atoms with Gasteiger partial charge >= 0.3 is 5.97 Å². The number of carbonyl (C=O) groups is 2. The van der Waals surface area contributed by atoms with Crippen LogP contribution in [0, 0.1) is 6.92 Å². The highest BCUT2D eigenvalue weighted by Crippen LogP contribution is 2.23. The first-order valence-corrected chi connectivity index (χ1v) is 7.72. The van der Waals surface area contributed by atoms with Crippen LogP contribution in [0.1, 0.15) is 21.5 Å². The predicted molar refractivity (Wildman–Crippen MR) is 94.3 cm³/mol. The van der Waals surface area contributed by atoms with E-state index < -0.39 is 0 Å². The van der Waals surface area contributed by atoms with Crippen LogP contribution in [0.25, 0.3) is 6.08 Å². The molecule has 0 heterocycles. The van der Waals surface area contributed by atoms with E-state index in [9.17, 15) is 9.59 Å². The van der Waals surface area contributed by atoms with Crippen molar-refractivity contribution in [3.05, 3.63) is 69.7 Å². The molecule has 0 fully saturated rings. The van der Waals surface area contributed by atoms with E-state index in [1.54, 1.807) is 30.3 Å². The lowest BCUT2D eigenvalue weighted by molar-refractivity contribution is -0.111. The highest BCUT2D eigenvalue weighted by Gasteiger charge is 2.04. The van der Waals surface area contributed by atoms with Crippen molar-refractivity contribution in [2.75, 3.05) is 12.4 Å². The van der Waals surface area contributed by atoms with Crippen LogP contribution in [0.4, 0.5) is 5.69 Å². The summed E-state index contributed by atoms with van der Waals surface area (Å²) in [5.41, 5.74) is 3.11.